The number of carboxylic acid groups (broad SMARTS) is 1. The van der Waals surface area contributed by atoms with Gasteiger partial charge in [0.1, 0.15) is 11.5 Å². The Morgan fingerprint density at radius 2 is 1.95 bits per heavy atom. The summed E-state index contributed by atoms with van der Waals surface area (Å²) in [6, 6.07) is 12.9. The maximum Gasteiger partial charge on any atom is 0.328 e. The SMILES string of the molecule is CCc1ccc(Oc2ccc(/C=C/C(=O)O)cc2Cl)cc1. The maximum absolute atomic E-state index is 10.5. The first-order valence-electron chi connectivity index (χ1n) is 6.56. The quantitative estimate of drug-likeness (QED) is 0.808. The number of benzene rings is 2. The Morgan fingerprint density at radius 1 is 1.24 bits per heavy atom. The molecule has 0 saturated carbocycles. The molecule has 1 N–H and O–H groups in total. The number of ether oxygens (including phenoxy) is 1. The van der Waals surface area contributed by atoms with Gasteiger partial charge in [-0.2, -0.15) is 0 Å². The minimum atomic E-state index is -0.998. The smallest absolute Gasteiger partial charge is 0.328 e. The van der Waals surface area contributed by atoms with Crippen molar-refractivity contribution in [2.75, 3.05) is 0 Å². The van der Waals surface area contributed by atoms with Gasteiger partial charge < -0.3 is 9.84 Å². The molecule has 0 amide bonds. The molecular formula is C17H15ClO3. The molecule has 0 heterocycles. The highest BCUT2D eigenvalue weighted by atomic mass is 35.5. The summed E-state index contributed by atoms with van der Waals surface area (Å²) in [5.41, 5.74) is 1.94. The van der Waals surface area contributed by atoms with Crippen LogP contribution in [-0.4, -0.2) is 11.1 Å². The van der Waals surface area contributed by atoms with E-state index in [-0.39, 0.29) is 0 Å². The van der Waals surface area contributed by atoms with E-state index in [0.29, 0.717) is 22.1 Å². The Bertz CT molecular complexity index is 660. The number of aryl methyl sites for hydroxylation is 1. The highest BCUT2D eigenvalue weighted by molar-refractivity contribution is 6.32. The second-order valence-corrected chi connectivity index (χ2v) is 4.87. The molecule has 0 atom stereocenters. The standard InChI is InChI=1S/C17H15ClO3/c1-2-12-3-7-14(8-4-12)21-16-9-5-13(11-15(16)18)6-10-17(19)20/h3-11H,2H2,1H3,(H,19,20)/b10-6+. The Hall–Kier alpha value is -2.26. The minimum absolute atomic E-state index is 0.433. The van der Waals surface area contributed by atoms with Crippen LogP contribution in [0, 0.1) is 0 Å². The van der Waals surface area contributed by atoms with E-state index in [1.807, 2.05) is 24.3 Å². The molecule has 108 valence electrons. The molecule has 0 spiro atoms. The number of carboxylic acids is 1. The molecule has 0 bridgehead atoms. The molecule has 0 aliphatic rings. The third-order valence-electron chi connectivity index (χ3n) is 2.93. The summed E-state index contributed by atoms with van der Waals surface area (Å²) >= 11 is 6.15. The van der Waals surface area contributed by atoms with Crippen molar-refractivity contribution in [1.29, 1.82) is 0 Å². The van der Waals surface area contributed by atoms with E-state index in [4.69, 9.17) is 21.4 Å². The van der Waals surface area contributed by atoms with Crippen molar-refractivity contribution in [3.8, 4) is 11.5 Å². The molecule has 4 heteroatoms. The summed E-state index contributed by atoms with van der Waals surface area (Å²) in [7, 11) is 0. The number of hydrogen-bond donors (Lipinski definition) is 1. The largest absolute Gasteiger partial charge is 0.478 e. The van der Waals surface area contributed by atoms with Crippen molar-refractivity contribution in [3.63, 3.8) is 0 Å². The van der Waals surface area contributed by atoms with Gasteiger partial charge in [0.15, 0.2) is 0 Å². The zero-order valence-electron chi connectivity index (χ0n) is 11.5. The lowest BCUT2D eigenvalue weighted by Gasteiger charge is -2.08. The van der Waals surface area contributed by atoms with Crippen LogP contribution < -0.4 is 4.74 Å². The number of carbonyl (C=O) groups is 1. The lowest BCUT2D eigenvalue weighted by atomic mass is 10.2. The topological polar surface area (TPSA) is 46.5 Å². The van der Waals surface area contributed by atoms with E-state index in [0.717, 1.165) is 12.5 Å². The van der Waals surface area contributed by atoms with Crippen LogP contribution in [0.1, 0.15) is 18.1 Å². The predicted octanol–water partition coefficient (Wildman–Crippen LogP) is 4.79. The minimum Gasteiger partial charge on any atom is -0.478 e. The van der Waals surface area contributed by atoms with E-state index >= 15 is 0 Å². The van der Waals surface area contributed by atoms with Crippen LogP contribution >= 0.6 is 11.6 Å². The summed E-state index contributed by atoms with van der Waals surface area (Å²) in [5, 5.41) is 9.02. The van der Waals surface area contributed by atoms with Crippen molar-refractivity contribution in [2.45, 2.75) is 13.3 Å². The number of rotatable bonds is 5. The van der Waals surface area contributed by atoms with Crippen LogP contribution in [0.15, 0.2) is 48.5 Å². The van der Waals surface area contributed by atoms with Crippen LogP contribution in [0.2, 0.25) is 5.02 Å². The van der Waals surface area contributed by atoms with Gasteiger partial charge in [-0.05, 0) is 47.9 Å². The van der Waals surface area contributed by atoms with Gasteiger partial charge in [-0.3, -0.25) is 0 Å². The Morgan fingerprint density at radius 3 is 2.52 bits per heavy atom. The molecule has 0 saturated heterocycles. The molecule has 2 rings (SSSR count). The molecule has 21 heavy (non-hydrogen) atoms. The molecule has 0 aliphatic carbocycles. The van der Waals surface area contributed by atoms with E-state index < -0.39 is 5.97 Å². The van der Waals surface area contributed by atoms with Crippen molar-refractivity contribution in [1.82, 2.24) is 0 Å². The second kappa shape index (κ2) is 6.95. The third kappa shape index (κ3) is 4.36. The van der Waals surface area contributed by atoms with Gasteiger partial charge in [-0.1, -0.05) is 36.7 Å². The molecule has 3 nitrogen and oxygen atoms in total. The average Bonchev–Trinajstić information content (AvgIpc) is 2.48. The first-order chi connectivity index (χ1) is 10.1. The normalized spacial score (nSPS) is 10.8. The van der Waals surface area contributed by atoms with Crippen molar-refractivity contribution in [2.24, 2.45) is 0 Å². The Labute approximate surface area is 128 Å². The summed E-state index contributed by atoms with van der Waals surface area (Å²) in [6.45, 7) is 2.09. The van der Waals surface area contributed by atoms with E-state index in [9.17, 15) is 4.79 Å². The summed E-state index contributed by atoms with van der Waals surface area (Å²) < 4.78 is 5.72. The van der Waals surface area contributed by atoms with E-state index in [1.54, 1.807) is 18.2 Å². The highest BCUT2D eigenvalue weighted by Gasteiger charge is 2.04. The fraction of sp³-hybridized carbons (Fsp3) is 0.118. The molecule has 0 aliphatic heterocycles. The first-order valence-corrected chi connectivity index (χ1v) is 6.93. The molecule has 0 unspecified atom stereocenters. The zero-order chi connectivity index (χ0) is 15.2. The maximum atomic E-state index is 10.5. The van der Waals surface area contributed by atoms with Gasteiger partial charge in [0.05, 0.1) is 5.02 Å². The molecule has 0 fully saturated rings. The summed E-state index contributed by atoms with van der Waals surface area (Å²) in [4.78, 5) is 10.5. The zero-order valence-corrected chi connectivity index (χ0v) is 12.3. The summed E-state index contributed by atoms with van der Waals surface area (Å²) in [6.07, 6.45) is 3.52. The van der Waals surface area contributed by atoms with Gasteiger partial charge in [0, 0.05) is 6.08 Å². The van der Waals surface area contributed by atoms with Crippen molar-refractivity contribution in [3.05, 3.63) is 64.7 Å². The second-order valence-electron chi connectivity index (χ2n) is 4.46. The van der Waals surface area contributed by atoms with Gasteiger partial charge in [-0.15, -0.1) is 0 Å². The number of hydrogen-bond acceptors (Lipinski definition) is 2. The van der Waals surface area contributed by atoms with E-state index in [1.165, 1.54) is 11.6 Å². The lowest BCUT2D eigenvalue weighted by Crippen LogP contribution is -1.88. The molecule has 2 aromatic carbocycles. The van der Waals surface area contributed by atoms with Crippen LogP contribution in [0.5, 0.6) is 11.5 Å². The van der Waals surface area contributed by atoms with Crippen LogP contribution in [0.3, 0.4) is 0 Å². The van der Waals surface area contributed by atoms with Gasteiger partial charge >= 0.3 is 5.97 Å². The molecular weight excluding hydrogens is 288 g/mol. The Kier molecular flexibility index (Phi) is 5.01. The van der Waals surface area contributed by atoms with Gasteiger partial charge in [0.25, 0.3) is 0 Å². The van der Waals surface area contributed by atoms with E-state index in [2.05, 4.69) is 6.92 Å². The third-order valence-corrected chi connectivity index (χ3v) is 3.23. The lowest BCUT2D eigenvalue weighted by molar-refractivity contribution is -0.131. The number of halogens is 1. The average molecular weight is 303 g/mol. The van der Waals surface area contributed by atoms with Crippen LogP contribution in [0.4, 0.5) is 0 Å². The van der Waals surface area contributed by atoms with Crippen LogP contribution in [0.25, 0.3) is 6.08 Å². The fourth-order valence-electron chi connectivity index (χ4n) is 1.79. The monoisotopic (exact) mass is 302 g/mol. The molecule has 2 aromatic rings. The highest BCUT2D eigenvalue weighted by Crippen LogP contribution is 2.30. The van der Waals surface area contributed by atoms with Crippen LogP contribution in [-0.2, 0) is 11.2 Å². The Balaban J connectivity index is 2.14. The first kappa shape index (κ1) is 15.1. The predicted molar refractivity (Wildman–Crippen MR) is 84.0 cm³/mol. The molecule has 0 aromatic heterocycles. The molecule has 0 radical (unpaired) electrons. The van der Waals surface area contributed by atoms with Gasteiger partial charge in [0.2, 0.25) is 0 Å². The van der Waals surface area contributed by atoms with Crippen molar-refractivity contribution < 1.29 is 14.6 Å². The van der Waals surface area contributed by atoms with Gasteiger partial charge in [-0.25, -0.2) is 4.79 Å². The number of aliphatic carboxylic acids is 1. The summed E-state index contributed by atoms with van der Waals surface area (Å²) in [5.74, 6) is 0.249. The van der Waals surface area contributed by atoms with Crippen molar-refractivity contribution >= 4 is 23.6 Å². The fourth-order valence-corrected chi connectivity index (χ4v) is 2.02.